The number of piperazine rings is 1. The molecule has 104 valence electrons. The molecule has 1 atom stereocenters. The fourth-order valence-corrected chi connectivity index (χ4v) is 2.49. The third-order valence-electron chi connectivity index (χ3n) is 3.66. The number of carbonyl (C=O) groups excluding carboxylic acids is 1. The fraction of sp³-hybridized carbons (Fsp3) is 0.571. The van der Waals surface area contributed by atoms with Gasteiger partial charge in [-0.05, 0) is 31.2 Å². The molecule has 0 bridgehead atoms. The Morgan fingerprint density at radius 2 is 2.16 bits per heavy atom. The van der Waals surface area contributed by atoms with Gasteiger partial charge in [-0.3, -0.25) is 9.78 Å². The average Bonchev–Trinajstić information content (AvgIpc) is 2.45. The van der Waals surface area contributed by atoms with E-state index in [9.17, 15) is 4.79 Å². The van der Waals surface area contributed by atoms with Gasteiger partial charge in [0.2, 0.25) is 5.91 Å². The maximum Gasteiger partial charge on any atom is 0.223 e. The number of nitrogens with zero attached hydrogens (tertiary/aromatic N) is 3. The van der Waals surface area contributed by atoms with Gasteiger partial charge in [0.05, 0.1) is 6.04 Å². The van der Waals surface area contributed by atoms with Gasteiger partial charge in [0.15, 0.2) is 0 Å². The maximum absolute atomic E-state index is 12.3. The molecule has 1 fully saturated rings. The van der Waals surface area contributed by atoms with Crippen LogP contribution in [0.3, 0.4) is 0 Å². The molecule has 2 heterocycles. The Balaban J connectivity index is 1.88. The van der Waals surface area contributed by atoms with E-state index in [2.05, 4.69) is 16.9 Å². The number of nitrogens with two attached hydrogens (primary N) is 1. The van der Waals surface area contributed by atoms with Crippen molar-refractivity contribution in [1.82, 2.24) is 14.8 Å². The Morgan fingerprint density at radius 3 is 2.84 bits per heavy atom. The number of aryl methyl sites for hydroxylation is 1. The van der Waals surface area contributed by atoms with Crippen LogP contribution in [0.15, 0.2) is 24.5 Å². The molecule has 1 aromatic rings. The van der Waals surface area contributed by atoms with Crippen molar-refractivity contribution in [2.24, 2.45) is 5.73 Å². The first-order valence-electron chi connectivity index (χ1n) is 6.77. The second kappa shape index (κ2) is 6.63. The van der Waals surface area contributed by atoms with Crippen molar-refractivity contribution in [3.8, 4) is 0 Å². The van der Waals surface area contributed by atoms with Gasteiger partial charge in [-0.15, -0.1) is 0 Å². The molecule has 0 aromatic carbocycles. The maximum atomic E-state index is 12.3. The molecule has 0 aliphatic carbocycles. The molecule has 1 aromatic heterocycles. The van der Waals surface area contributed by atoms with Crippen LogP contribution in [0.4, 0.5) is 0 Å². The summed E-state index contributed by atoms with van der Waals surface area (Å²) in [6.07, 6.45) is 4.84. The van der Waals surface area contributed by atoms with E-state index in [4.69, 9.17) is 5.73 Å². The second-order valence-electron chi connectivity index (χ2n) is 5.09. The normalized spacial score (nSPS) is 20.5. The zero-order valence-corrected chi connectivity index (χ0v) is 11.5. The number of pyridine rings is 1. The Hall–Kier alpha value is -1.46. The van der Waals surface area contributed by atoms with E-state index < -0.39 is 0 Å². The van der Waals surface area contributed by atoms with Crippen LogP contribution in [0.5, 0.6) is 0 Å². The van der Waals surface area contributed by atoms with E-state index in [0.717, 1.165) is 31.6 Å². The first-order valence-corrected chi connectivity index (χ1v) is 6.77. The number of amides is 1. The lowest BCUT2D eigenvalue weighted by Gasteiger charge is -2.39. The van der Waals surface area contributed by atoms with Gasteiger partial charge in [0, 0.05) is 45.0 Å². The molecule has 5 heteroatoms. The molecule has 1 saturated heterocycles. The lowest BCUT2D eigenvalue weighted by Crippen LogP contribution is -2.56. The van der Waals surface area contributed by atoms with Crippen LogP contribution in [0.25, 0.3) is 0 Å². The minimum Gasteiger partial charge on any atom is -0.336 e. The molecular formula is C14H22N4O. The van der Waals surface area contributed by atoms with Crippen LogP contribution < -0.4 is 5.73 Å². The summed E-state index contributed by atoms with van der Waals surface area (Å²) in [5.74, 6) is 0.209. The molecule has 1 aliphatic rings. The van der Waals surface area contributed by atoms with E-state index >= 15 is 0 Å². The van der Waals surface area contributed by atoms with Crippen molar-refractivity contribution >= 4 is 5.91 Å². The first kappa shape index (κ1) is 14.0. The highest BCUT2D eigenvalue weighted by Crippen LogP contribution is 2.11. The van der Waals surface area contributed by atoms with Gasteiger partial charge in [-0.2, -0.15) is 0 Å². The summed E-state index contributed by atoms with van der Waals surface area (Å²) < 4.78 is 0. The van der Waals surface area contributed by atoms with Crippen molar-refractivity contribution in [2.75, 3.05) is 33.2 Å². The van der Waals surface area contributed by atoms with Crippen LogP contribution in [0.1, 0.15) is 12.0 Å². The number of aromatic nitrogens is 1. The van der Waals surface area contributed by atoms with Crippen LogP contribution in [0, 0.1) is 0 Å². The Morgan fingerprint density at radius 1 is 1.42 bits per heavy atom. The Kier molecular flexibility index (Phi) is 4.87. The Labute approximate surface area is 114 Å². The smallest absolute Gasteiger partial charge is 0.223 e. The number of carbonyl (C=O) groups is 1. The summed E-state index contributed by atoms with van der Waals surface area (Å²) in [5, 5.41) is 0. The van der Waals surface area contributed by atoms with Gasteiger partial charge in [0.25, 0.3) is 0 Å². The van der Waals surface area contributed by atoms with Gasteiger partial charge in [0.1, 0.15) is 0 Å². The predicted octanol–water partition coefficient (Wildman–Crippen LogP) is 0.116. The number of hydrogen-bond donors (Lipinski definition) is 1. The summed E-state index contributed by atoms with van der Waals surface area (Å²) in [5.41, 5.74) is 6.93. The number of hydrogen-bond acceptors (Lipinski definition) is 4. The summed E-state index contributed by atoms with van der Waals surface area (Å²) in [6, 6.07) is 4.07. The highest BCUT2D eigenvalue weighted by Gasteiger charge is 2.27. The molecule has 1 unspecified atom stereocenters. The molecule has 1 amide bonds. The van der Waals surface area contributed by atoms with Crippen LogP contribution in [-0.2, 0) is 11.2 Å². The molecule has 2 rings (SSSR count). The monoisotopic (exact) mass is 262 g/mol. The molecular weight excluding hydrogens is 240 g/mol. The van der Waals surface area contributed by atoms with E-state index in [-0.39, 0.29) is 11.9 Å². The third kappa shape index (κ3) is 3.75. The van der Waals surface area contributed by atoms with Gasteiger partial charge in [-0.1, -0.05) is 0 Å². The van der Waals surface area contributed by atoms with Crippen molar-refractivity contribution in [1.29, 1.82) is 0 Å². The largest absolute Gasteiger partial charge is 0.336 e. The topological polar surface area (TPSA) is 62.5 Å². The lowest BCUT2D eigenvalue weighted by molar-refractivity contribution is -0.135. The third-order valence-corrected chi connectivity index (χ3v) is 3.66. The summed E-state index contributed by atoms with van der Waals surface area (Å²) in [4.78, 5) is 20.4. The minimum atomic E-state index is 0.156. The molecule has 19 heavy (non-hydrogen) atoms. The lowest BCUT2D eigenvalue weighted by atomic mass is 10.1. The van der Waals surface area contributed by atoms with Crippen LogP contribution >= 0.6 is 0 Å². The molecule has 0 radical (unpaired) electrons. The van der Waals surface area contributed by atoms with E-state index in [1.165, 1.54) is 0 Å². The number of likely N-dealkylation sites (N-methyl/N-ethyl adjacent to an activating group) is 1. The quantitative estimate of drug-likeness (QED) is 0.837. The summed E-state index contributed by atoms with van der Waals surface area (Å²) in [7, 11) is 2.07. The highest BCUT2D eigenvalue weighted by molar-refractivity contribution is 5.77. The summed E-state index contributed by atoms with van der Waals surface area (Å²) in [6.45, 7) is 3.12. The Bertz CT molecular complexity index is 409. The molecule has 0 saturated carbocycles. The zero-order valence-electron chi connectivity index (χ0n) is 11.5. The SMILES string of the molecule is CN1CCN(C(=O)CCc2ccncc2)C(CN)C1. The molecule has 1 aliphatic heterocycles. The van der Waals surface area contributed by atoms with Gasteiger partial charge >= 0.3 is 0 Å². The van der Waals surface area contributed by atoms with E-state index in [1.807, 2.05) is 17.0 Å². The average molecular weight is 262 g/mol. The predicted molar refractivity (Wildman–Crippen MR) is 74.6 cm³/mol. The van der Waals surface area contributed by atoms with Crippen molar-refractivity contribution in [3.63, 3.8) is 0 Å². The minimum absolute atomic E-state index is 0.156. The molecule has 2 N–H and O–H groups in total. The number of rotatable bonds is 4. The van der Waals surface area contributed by atoms with E-state index in [0.29, 0.717) is 13.0 Å². The van der Waals surface area contributed by atoms with E-state index in [1.54, 1.807) is 12.4 Å². The van der Waals surface area contributed by atoms with Crippen LogP contribution in [-0.4, -0.2) is 60.0 Å². The van der Waals surface area contributed by atoms with Crippen molar-refractivity contribution < 1.29 is 4.79 Å². The van der Waals surface area contributed by atoms with Crippen LogP contribution in [0.2, 0.25) is 0 Å². The fourth-order valence-electron chi connectivity index (χ4n) is 2.49. The van der Waals surface area contributed by atoms with Crippen molar-refractivity contribution in [2.45, 2.75) is 18.9 Å². The second-order valence-corrected chi connectivity index (χ2v) is 5.09. The standard InChI is InChI=1S/C14H22N4O/c1-17-8-9-18(13(10-15)11-17)14(19)3-2-12-4-6-16-7-5-12/h4-7,13H,2-3,8-11,15H2,1H3. The van der Waals surface area contributed by atoms with Gasteiger partial charge in [-0.25, -0.2) is 0 Å². The summed E-state index contributed by atoms with van der Waals surface area (Å²) >= 11 is 0. The molecule has 0 spiro atoms. The first-order chi connectivity index (χ1) is 9.20. The highest BCUT2D eigenvalue weighted by atomic mass is 16.2. The van der Waals surface area contributed by atoms with Gasteiger partial charge < -0.3 is 15.5 Å². The molecule has 5 nitrogen and oxygen atoms in total. The van der Waals surface area contributed by atoms with Crippen molar-refractivity contribution in [3.05, 3.63) is 30.1 Å². The zero-order chi connectivity index (χ0) is 13.7.